The van der Waals surface area contributed by atoms with Crippen LogP contribution >= 0.6 is 0 Å². The van der Waals surface area contributed by atoms with Crippen LogP contribution in [0.15, 0.2) is 84.9 Å². The smallest absolute Gasteiger partial charge is 0.315 e. The lowest BCUT2D eigenvalue weighted by atomic mass is 9.44. The van der Waals surface area contributed by atoms with Gasteiger partial charge in [0.1, 0.15) is 109 Å². The van der Waals surface area contributed by atoms with Crippen molar-refractivity contribution in [3.63, 3.8) is 0 Å². The number of phenols is 9. The summed E-state index contributed by atoms with van der Waals surface area (Å²) in [5, 5.41) is 108. The van der Waals surface area contributed by atoms with Gasteiger partial charge in [0.15, 0.2) is 0 Å². The van der Waals surface area contributed by atoms with Crippen molar-refractivity contribution in [2.45, 2.75) is 289 Å². The number of carboxylic acids is 2. The van der Waals surface area contributed by atoms with E-state index in [9.17, 15) is 99.0 Å². The highest BCUT2D eigenvalue weighted by molar-refractivity contribution is 5.89. The van der Waals surface area contributed by atoms with E-state index in [4.69, 9.17) is 33.5 Å². The summed E-state index contributed by atoms with van der Waals surface area (Å²) in [6, 6.07) is 20.9. The fraction of sp³-hybridized carbons (Fsp3) is 0.545. The van der Waals surface area contributed by atoms with Gasteiger partial charge in [-0.15, -0.1) is 0 Å². The Labute approximate surface area is 754 Å². The Morgan fingerprint density at radius 3 is 1.00 bits per heavy atom. The van der Waals surface area contributed by atoms with Crippen molar-refractivity contribution >= 4 is 58.9 Å². The number of carbonyl (C=O) groups is 10. The maximum absolute atomic E-state index is 12.4. The molecule has 3 unspecified atom stereocenters. The van der Waals surface area contributed by atoms with Crippen LogP contribution in [0.2, 0.25) is 0 Å². The van der Waals surface area contributed by atoms with E-state index in [0.717, 1.165) is 44.6 Å². The van der Waals surface area contributed by atoms with E-state index in [2.05, 4.69) is 18.6 Å². The van der Waals surface area contributed by atoms with Gasteiger partial charge in [0.2, 0.25) is 0 Å². The summed E-state index contributed by atoms with van der Waals surface area (Å²) in [6.07, 6.45) is 8.33. The summed E-state index contributed by atoms with van der Waals surface area (Å²) in [5.41, 5.74) is -0.865. The Balaban J connectivity index is 0.000000177. The molecule has 2 bridgehead atoms. The summed E-state index contributed by atoms with van der Waals surface area (Å²) in [6.45, 7) is 35.1. The largest absolute Gasteiger partial charge is 0.508 e. The van der Waals surface area contributed by atoms with Crippen molar-refractivity contribution in [3.05, 3.63) is 141 Å². The molecule has 28 nitrogen and oxygen atoms in total. The number of methoxy groups -OCH3 is 3. The molecule has 9 aliphatic rings. The number of ketones is 4. The van der Waals surface area contributed by atoms with Crippen LogP contribution in [0.5, 0.6) is 69.0 Å². The molecule has 129 heavy (non-hydrogen) atoms. The fourth-order valence-corrected chi connectivity index (χ4v) is 19.8. The number of esters is 4. The molecule has 0 amide bonds. The molecule has 0 aromatic heterocycles. The third-order valence-corrected chi connectivity index (χ3v) is 28.2. The molecule has 11 N–H and O–H groups in total. The van der Waals surface area contributed by atoms with Crippen LogP contribution < -0.4 is 14.2 Å². The minimum absolute atomic E-state index is 0.0250. The minimum Gasteiger partial charge on any atom is -0.508 e. The van der Waals surface area contributed by atoms with Gasteiger partial charge in [-0.2, -0.15) is 0 Å². The maximum atomic E-state index is 12.4. The topological polar surface area (TPSA) is 458 Å². The van der Waals surface area contributed by atoms with Crippen molar-refractivity contribution in [1.29, 1.82) is 0 Å². The van der Waals surface area contributed by atoms with Crippen LogP contribution in [0.1, 0.15) is 294 Å². The number of fused-ring (bicyclic) bond motifs is 11. The molecule has 3 aliphatic heterocycles. The molecule has 6 aromatic carbocycles. The number of Topliss-reactive ketones (excluding diaryl/α,β-unsaturated/α-hetero) is 4. The first-order chi connectivity index (χ1) is 59.6. The van der Waals surface area contributed by atoms with Crippen LogP contribution in [0, 0.1) is 35.0 Å². The number of carboxylic acid groups (broad SMARTS) is 2. The average molecular weight is 1790 g/mol. The molecule has 28 heteroatoms. The SMILES string of the molecule is CC(C)(C(=O)O)c1cc(O)c2c(c1)OC(C)(C)C1CCC(=O)C[C@@H]21.CC(C)(C(=O)O)c1cc(O)cc(O)c1.CCCCOC(=O)Cc1cc(O)c2c(c1)OC(C)(C)C1CCC(=O)C[C@@H]21.COC(=O)C(C)(C)c1cc(O)c([C@@H]2CC(=O)[C@@H]3C[C@H]2C3(C)C)c(O)c1.COC(=O)C(C)(C)c1cc(O)c2c(c1)OC(C)(C)C1CCC(=O)C[C@@H]21.COC(=O)C(C)(C)c1cc(O)cc(O)c1. The number of aliphatic carboxylic acids is 2. The number of benzene rings is 6. The Morgan fingerprint density at radius 1 is 0.388 bits per heavy atom. The van der Waals surface area contributed by atoms with Crippen LogP contribution in [-0.4, -0.2) is 160 Å². The standard InChI is InChI=1S/C21H28O5.2C20H26O5.C19H24O5.C11H14O4.C10H12O4/c1-4-5-8-25-19(24)11-13-9-17(23)20-15-12-14(22)6-7-16(15)21(2,3)26-18(20)10-13;1-19(2,18(24)25-5)10-6-15(22)17(16(23)7-10)11-8-14(21)13-9-12(11)20(13,3)4;1-19(2,18(23)24-5)11-8-15(22)17-13-10-12(21)6-7-14(13)20(3,4)25-16(17)9-11;1-18(2,17(22)23)10-7-14(21)16-12-9-11(20)5-6-13(12)19(3,4)24-15(16)8-10;1-11(2,10(14)15-3)7-4-8(12)6-9(13)5-7;1-10(2,9(13)14)6-3-7(11)5-8(12)4-6/h9-10,15-16,23H,4-8,11-12H2,1-3H3;6-7,11-13,22-23H,8-9H2,1-5H3;8-9,13-14,22H,6-7,10H2,1-5H3;7-8,12-13,21H,5-6,9H2,1-4H3,(H,22,23);4-6,12-13H,1-3H3;3-5,11-12H,1-2H3,(H,13,14)/t15-,16?;11-,12-,13+;13-,14?;12-,13?;;/m1111../s1. The molecule has 0 radical (unpaired) electrons. The van der Waals surface area contributed by atoms with Crippen LogP contribution in [0.4, 0.5) is 0 Å². The Bertz CT molecular complexity index is 5240. The molecule has 6 aromatic rings. The Kier molecular flexibility index (Phi) is 30.0. The molecule has 6 saturated carbocycles. The van der Waals surface area contributed by atoms with E-state index in [0.29, 0.717) is 124 Å². The van der Waals surface area contributed by atoms with Crippen molar-refractivity contribution in [3.8, 4) is 69.0 Å². The summed E-state index contributed by atoms with van der Waals surface area (Å²) in [5.74, 6) is -0.837. The molecule has 3 heterocycles. The number of carbonyl (C=O) groups excluding carboxylic acids is 8. The maximum Gasteiger partial charge on any atom is 0.315 e. The zero-order chi connectivity index (χ0) is 96.6. The van der Waals surface area contributed by atoms with E-state index >= 15 is 0 Å². The van der Waals surface area contributed by atoms with Gasteiger partial charge in [-0.25, -0.2) is 0 Å². The Hall–Kier alpha value is -11.6. The van der Waals surface area contributed by atoms with Crippen LogP contribution in [0.3, 0.4) is 0 Å². The highest BCUT2D eigenvalue weighted by atomic mass is 16.5. The highest BCUT2D eigenvalue weighted by Crippen LogP contribution is 2.65. The predicted octanol–water partition coefficient (Wildman–Crippen LogP) is 17.0. The lowest BCUT2D eigenvalue weighted by Gasteiger charge is -2.59. The van der Waals surface area contributed by atoms with E-state index in [1.54, 1.807) is 73.6 Å². The average Bonchev–Trinajstić information content (AvgIpc) is 0.697. The number of aromatic hydroxyl groups is 9. The lowest BCUT2D eigenvalue weighted by Crippen LogP contribution is -2.56. The van der Waals surface area contributed by atoms with Crippen LogP contribution in [-0.2, 0) is 100 Å². The van der Waals surface area contributed by atoms with Gasteiger partial charge in [0.25, 0.3) is 0 Å². The molecular weight excluding hydrogens is 1660 g/mol. The fourth-order valence-electron chi connectivity index (χ4n) is 19.8. The molecule has 15 rings (SSSR count). The van der Waals surface area contributed by atoms with Gasteiger partial charge in [-0.3, -0.25) is 47.9 Å². The molecule has 702 valence electrons. The molecule has 6 aliphatic carbocycles. The molecule has 0 saturated heterocycles. The second kappa shape index (κ2) is 38.2. The first-order valence-electron chi connectivity index (χ1n) is 43.9. The number of ether oxygens (including phenoxy) is 7. The second-order valence-electron chi connectivity index (χ2n) is 40.3. The number of rotatable bonds is 16. The van der Waals surface area contributed by atoms with E-state index in [1.165, 1.54) is 83.7 Å². The number of phenolic OH excluding ortho intramolecular Hbond substituents is 9. The molecule has 6 fully saturated rings. The molecule has 9 atom stereocenters. The first-order valence-corrected chi connectivity index (χ1v) is 43.9. The van der Waals surface area contributed by atoms with E-state index in [-0.39, 0.29) is 152 Å². The van der Waals surface area contributed by atoms with Gasteiger partial charge in [0, 0.05) is 127 Å². The first kappa shape index (κ1) is 101. The van der Waals surface area contributed by atoms with Crippen molar-refractivity contribution in [2.24, 2.45) is 35.0 Å². The third kappa shape index (κ3) is 21.3. The monoisotopic (exact) mass is 1790 g/mol. The van der Waals surface area contributed by atoms with Gasteiger partial charge in [-0.05, 0) is 260 Å². The second-order valence-corrected chi connectivity index (χ2v) is 40.3. The zero-order valence-corrected chi connectivity index (χ0v) is 78.2. The number of unbranched alkanes of at least 4 members (excludes halogenated alkanes) is 1. The summed E-state index contributed by atoms with van der Waals surface area (Å²) < 4.78 is 38.1. The third-order valence-electron chi connectivity index (χ3n) is 28.2. The zero-order valence-electron chi connectivity index (χ0n) is 78.2. The van der Waals surface area contributed by atoms with Crippen molar-refractivity contribution in [2.75, 3.05) is 27.9 Å². The normalized spacial score (nSPS) is 22.1. The van der Waals surface area contributed by atoms with Gasteiger partial charge < -0.3 is 89.3 Å². The van der Waals surface area contributed by atoms with Crippen molar-refractivity contribution in [1.82, 2.24) is 0 Å². The molecular formula is C101H130O28. The van der Waals surface area contributed by atoms with E-state index < -0.39 is 67.8 Å². The molecule has 0 spiro atoms. The Morgan fingerprint density at radius 2 is 0.682 bits per heavy atom. The van der Waals surface area contributed by atoms with Gasteiger partial charge in [0.05, 0.1) is 61.4 Å². The number of hydrogen-bond acceptors (Lipinski definition) is 26. The minimum atomic E-state index is -1.14. The van der Waals surface area contributed by atoms with E-state index in [1.807, 2.05) is 60.6 Å². The van der Waals surface area contributed by atoms with Gasteiger partial charge >= 0.3 is 35.8 Å². The van der Waals surface area contributed by atoms with Gasteiger partial charge in [-0.1, -0.05) is 27.2 Å². The summed E-state index contributed by atoms with van der Waals surface area (Å²) in [7, 11) is 3.95. The quantitative estimate of drug-likeness (QED) is 0.0243. The lowest BCUT2D eigenvalue weighted by molar-refractivity contribution is -0.152. The highest BCUT2D eigenvalue weighted by Gasteiger charge is 2.60. The summed E-state index contributed by atoms with van der Waals surface area (Å²) >= 11 is 0. The van der Waals surface area contributed by atoms with Crippen molar-refractivity contribution < 1.29 is 137 Å². The van der Waals surface area contributed by atoms with Crippen LogP contribution in [0.25, 0.3) is 0 Å². The summed E-state index contributed by atoms with van der Waals surface area (Å²) in [4.78, 5) is 118. The number of hydrogen-bond donors (Lipinski definition) is 11. The predicted molar refractivity (Wildman–Crippen MR) is 477 cm³/mol.